The molecule has 2 rings (SSSR count). The van der Waals surface area contributed by atoms with Crippen LogP contribution in [0.3, 0.4) is 0 Å². The molecule has 0 heterocycles. The van der Waals surface area contributed by atoms with Gasteiger partial charge in [-0.05, 0) is 36.8 Å². The Morgan fingerprint density at radius 2 is 1.82 bits per heavy atom. The number of carbonyl (C=O) groups is 2. The zero-order valence-electron chi connectivity index (χ0n) is 16.4. The van der Waals surface area contributed by atoms with Crippen molar-refractivity contribution in [3.8, 4) is 11.5 Å². The van der Waals surface area contributed by atoms with Crippen LogP contribution in [0.25, 0.3) is 6.08 Å². The van der Waals surface area contributed by atoms with Crippen LogP contribution < -0.4 is 20.1 Å². The van der Waals surface area contributed by atoms with Gasteiger partial charge in [-0.3, -0.25) is 9.59 Å². The maximum atomic E-state index is 12.2. The highest BCUT2D eigenvalue weighted by Crippen LogP contribution is 2.29. The van der Waals surface area contributed by atoms with Crippen molar-refractivity contribution < 1.29 is 19.1 Å². The number of ether oxygens (including phenoxy) is 2. The summed E-state index contributed by atoms with van der Waals surface area (Å²) in [5.41, 5.74) is 1.77. The molecule has 0 radical (unpaired) electrons. The van der Waals surface area contributed by atoms with Crippen molar-refractivity contribution in [2.45, 2.75) is 19.4 Å². The summed E-state index contributed by atoms with van der Waals surface area (Å²) in [5.74, 6) is 0.964. The fourth-order valence-electron chi connectivity index (χ4n) is 2.66. The van der Waals surface area contributed by atoms with Gasteiger partial charge in [-0.2, -0.15) is 0 Å². The fourth-order valence-corrected chi connectivity index (χ4v) is 2.66. The van der Waals surface area contributed by atoms with E-state index in [1.54, 1.807) is 32.4 Å². The first-order chi connectivity index (χ1) is 13.5. The van der Waals surface area contributed by atoms with Gasteiger partial charge in [-0.1, -0.05) is 30.3 Å². The summed E-state index contributed by atoms with van der Waals surface area (Å²) in [6, 6.07) is 14.7. The average Bonchev–Trinajstić information content (AvgIpc) is 2.72. The molecule has 0 aliphatic heterocycles. The van der Waals surface area contributed by atoms with Gasteiger partial charge < -0.3 is 20.1 Å². The van der Waals surface area contributed by atoms with Crippen LogP contribution in [-0.4, -0.2) is 32.6 Å². The highest BCUT2D eigenvalue weighted by molar-refractivity contribution is 5.92. The number of hydrogen-bond acceptors (Lipinski definition) is 4. The lowest BCUT2D eigenvalue weighted by Crippen LogP contribution is -2.31. The van der Waals surface area contributed by atoms with Gasteiger partial charge in [0.05, 0.1) is 20.3 Å². The molecule has 0 spiro atoms. The molecule has 2 amide bonds. The second kappa shape index (κ2) is 10.8. The van der Waals surface area contributed by atoms with E-state index in [2.05, 4.69) is 10.6 Å². The van der Waals surface area contributed by atoms with Gasteiger partial charge in [0.2, 0.25) is 11.8 Å². The monoisotopic (exact) mass is 382 g/mol. The Morgan fingerprint density at radius 1 is 1.07 bits per heavy atom. The van der Waals surface area contributed by atoms with E-state index in [0.29, 0.717) is 11.5 Å². The zero-order valence-corrected chi connectivity index (χ0v) is 16.4. The summed E-state index contributed by atoms with van der Waals surface area (Å²) in [6.07, 6.45) is 3.37. The van der Waals surface area contributed by atoms with E-state index in [-0.39, 0.29) is 30.8 Å². The molecule has 0 aromatic heterocycles. The minimum absolute atomic E-state index is 0.162. The predicted molar refractivity (Wildman–Crippen MR) is 109 cm³/mol. The summed E-state index contributed by atoms with van der Waals surface area (Å²) in [4.78, 5) is 24.0. The lowest BCUT2D eigenvalue weighted by molar-refractivity contribution is -0.121. The van der Waals surface area contributed by atoms with E-state index < -0.39 is 0 Å². The minimum atomic E-state index is -0.258. The molecule has 0 bridgehead atoms. The quantitative estimate of drug-likeness (QED) is 0.654. The van der Waals surface area contributed by atoms with Crippen LogP contribution in [0.15, 0.2) is 54.6 Å². The molecular formula is C22H26N2O4. The van der Waals surface area contributed by atoms with E-state index >= 15 is 0 Å². The third kappa shape index (κ3) is 6.46. The van der Waals surface area contributed by atoms with Crippen molar-refractivity contribution in [2.24, 2.45) is 0 Å². The topological polar surface area (TPSA) is 76.7 Å². The Bertz CT molecular complexity index is 819. The Kier molecular flexibility index (Phi) is 8.09. The smallest absolute Gasteiger partial charge is 0.244 e. The van der Waals surface area contributed by atoms with Crippen LogP contribution in [0.1, 0.15) is 30.5 Å². The number of benzene rings is 2. The Hall–Kier alpha value is -3.28. The summed E-state index contributed by atoms with van der Waals surface area (Å²) in [6.45, 7) is 2.13. The molecule has 6 heteroatoms. The van der Waals surface area contributed by atoms with Crippen molar-refractivity contribution in [2.75, 3.05) is 20.8 Å². The van der Waals surface area contributed by atoms with E-state index in [9.17, 15) is 9.59 Å². The number of hydrogen-bond donors (Lipinski definition) is 2. The number of carbonyl (C=O) groups excluding carboxylic acids is 2. The first-order valence-corrected chi connectivity index (χ1v) is 9.05. The third-order valence-electron chi connectivity index (χ3n) is 4.16. The third-order valence-corrected chi connectivity index (χ3v) is 4.16. The Balaban J connectivity index is 1.80. The van der Waals surface area contributed by atoms with Crippen LogP contribution >= 0.6 is 0 Å². The number of nitrogens with one attached hydrogen (secondary N) is 2. The van der Waals surface area contributed by atoms with Crippen molar-refractivity contribution in [1.82, 2.24) is 10.6 Å². The summed E-state index contributed by atoms with van der Waals surface area (Å²) in [7, 11) is 3.17. The Labute approximate surface area is 165 Å². The molecule has 0 aliphatic rings. The van der Waals surface area contributed by atoms with E-state index in [1.165, 1.54) is 6.08 Å². The molecule has 2 aromatic rings. The van der Waals surface area contributed by atoms with E-state index in [0.717, 1.165) is 11.1 Å². The maximum Gasteiger partial charge on any atom is 0.244 e. The maximum absolute atomic E-state index is 12.2. The van der Waals surface area contributed by atoms with Crippen LogP contribution in [0, 0.1) is 0 Å². The van der Waals surface area contributed by atoms with Gasteiger partial charge in [0.15, 0.2) is 0 Å². The zero-order chi connectivity index (χ0) is 20.4. The Morgan fingerprint density at radius 3 is 2.50 bits per heavy atom. The standard InChI is InChI=1S/C22H26N2O4/c1-16(19-15-18(27-2)10-11-20(19)28-3)24-22(26)13-14-23-21(25)12-9-17-7-5-4-6-8-17/h4-12,15-16H,13-14H2,1-3H3,(H,23,25)(H,24,26)/b12-9+/t16-/m1/s1. The second-order valence-electron chi connectivity index (χ2n) is 6.18. The van der Waals surface area contributed by atoms with Crippen LogP contribution in [0.4, 0.5) is 0 Å². The van der Waals surface area contributed by atoms with Gasteiger partial charge in [0.1, 0.15) is 11.5 Å². The lowest BCUT2D eigenvalue weighted by atomic mass is 10.1. The number of rotatable bonds is 9. The molecule has 1 atom stereocenters. The predicted octanol–water partition coefficient (Wildman–Crippen LogP) is 3.10. The van der Waals surface area contributed by atoms with Gasteiger partial charge in [-0.15, -0.1) is 0 Å². The second-order valence-corrected chi connectivity index (χ2v) is 6.18. The van der Waals surface area contributed by atoms with Crippen molar-refractivity contribution in [3.05, 3.63) is 65.7 Å². The highest BCUT2D eigenvalue weighted by Gasteiger charge is 2.15. The summed E-state index contributed by atoms with van der Waals surface area (Å²) < 4.78 is 10.6. The first-order valence-electron chi connectivity index (χ1n) is 9.05. The first kappa shape index (κ1) is 21.0. The SMILES string of the molecule is COc1ccc(OC)c([C@@H](C)NC(=O)CCNC(=O)/C=C/c2ccccc2)c1. The van der Waals surface area contributed by atoms with Gasteiger partial charge in [0.25, 0.3) is 0 Å². The van der Waals surface area contributed by atoms with Gasteiger partial charge in [0, 0.05) is 24.6 Å². The molecule has 2 aromatic carbocycles. The summed E-state index contributed by atoms with van der Waals surface area (Å²) in [5, 5.41) is 5.62. The van der Waals surface area contributed by atoms with Gasteiger partial charge >= 0.3 is 0 Å². The molecular weight excluding hydrogens is 356 g/mol. The van der Waals surface area contributed by atoms with Crippen molar-refractivity contribution in [3.63, 3.8) is 0 Å². The molecule has 6 nitrogen and oxygen atoms in total. The average molecular weight is 382 g/mol. The van der Waals surface area contributed by atoms with Crippen LogP contribution in [-0.2, 0) is 9.59 Å². The van der Waals surface area contributed by atoms with E-state index in [4.69, 9.17) is 9.47 Å². The fraction of sp³-hybridized carbons (Fsp3) is 0.273. The molecule has 28 heavy (non-hydrogen) atoms. The van der Waals surface area contributed by atoms with Gasteiger partial charge in [-0.25, -0.2) is 0 Å². The summed E-state index contributed by atoms with van der Waals surface area (Å²) >= 11 is 0. The molecule has 0 unspecified atom stereocenters. The highest BCUT2D eigenvalue weighted by atomic mass is 16.5. The molecule has 2 N–H and O–H groups in total. The molecule has 148 valence electrons. The molecule has 0 saturated heterocycles. The molecule has 0 aliphatic carbocycles. The molecule has 0 saturated carbocycles. The largest absolute Gasteiger partial charge is 0.497 e. The van der Waals surface area contributed by atoms with Crippen LogP contribution in [0.2, 0.25) is 0 Å². The van der Waals surface area contributed by atoms with E-state index in [1.807, 2.05) is 43.3 Å². The normalized spacial score (nSPS) is 11.7. The number of amides is 2. The lowest BCUT2D eigenvalue weighted by Gasteiger charge is -2.18. The molecule has 0 fully saturated rings. The van der Waals surface area contributed by atoms with Crippen molar-refractivity contribution >= 4 is 17.9 Å². The minimum Gasteiger partial charge on any atom is -0.497 e. The van der Waals surface area contributed by atoms with Crippen LogP contribution in [0.5, 0.6) is 11.5 Å². The number of methoxy groups -OCH3 is 2. The van der Waals surface area contributed by atoms with Crippen molar-refractivity contribution in [1.29, 1.82) is 0 Å².